The fourth-order valence-electron chi connectivity index (χ4n) is 1.22. The van der Waals surface area contributed by atoms with Gasteiger partial charge in [-0.2, -0.15) is 0 Å². The number of hydrogen-bond donors (Lipinski definition) is 0. The highest BCUT2D eigenvalue weighted by Gasteiger charge is 2.33. The van der Waals surface area contributed by atoms with Crippen molar-refractivity contribution in [2.45, 2.75) is 0 Å². The van der Waals surface area contributed by atoms with Crippen molar-refractivity contribution in [3.63, 3.8) is 0 Å². The van der Waals surface area contributed by atoms with Gasteiger partial charge in [0.15, 0.2) is 0 Å². The Balaban J connectivity index is 2.76. The van der Waals surface area contributed by atoms with Crippen LogP contribution in [0.5, 0.6) is 0 Å². The smallest absolute Gasteiger partial charge is 0.201 e. The number of rotatable bonds is 0. The molecule has 1 heterocycles. The van der Waals surface area contributed by atoms with Crippen LogP contribution in [0.1, 0.15) is 0 Å². The van der Waals surface area contributed by atoms with E-state index in [4.69, 9.17) is 17.4 Å². The maximum Gasteiger partial charge on any atom is 0.201 e. The highest BCUT2D eigenvalue weighted by Crippen LogP contribution is 2.49. The van der Waals surface area contributed by atoms with Crippen molar-refractivity contribution < 1.29 is 9.09 Å². The molecule has 0 spiro atoms. The molecule has 0 radical (unpaired) electrons. The quantitative estimate of drug-likeness (QED) is 0.418. The lowest BCUT2D eigenvalue weighted by Gasteiger charge is -2.28. The van der Waals surface area contributed by atoms with E-state index in [1.54, 1.807) is 6.66 Å². The van der Waals surface area contributed by atoms with E-state index in [2.05, 4.69) is 11.8 Å². The SMILES string of the molecule is C#CC1COP(C)(=O)CC1C#C. The first-order valence-corrected chi connectivity index (χ1v) is 5.98. The summed E-state index contributed by atoms with van der Waals surface area (Å²) in [6.07, 6.45) is 10.9. The van der Waals surface area contributed by atoms with Gasteiger partial charge in [0.25, 0.3) is 0 Å². The molecule has 0 saturated carbocycles. The standard InChI is InChI=1S/C9H11O2P/c1-4-8-6-11-12(3,10)7-9(8)5-2/h1-2,8-9H,6-7H2,3H3. The van der Waals surface area contributed by atoms with Gasteiger partial charge < -0.3 is 4.52 Å². The second-order valence-electron chi connectivity index (χ2n) is 3.04. The largest absolute Gasteiger partial charge is 0.327 e. The fraction of sp³-hybridized carbons (Fsp3) is 0.556. The van der Waals surface area contributed by atoms with Crippen LogP contribution in [0.15, 0.2) is 0 Å². The third-order valence-corrected chi connectivity index (χ3v) is 3.72. The van der Waals surface area contributed by atoms with Crippen molar-refractivity contribution in [3.8, 4) is 24.7 Å². The van der Waals surface area contributed by atoms with Crippen molar-refractivity contribution in [3.05, 3.63) is 0 Å². The molecule has 1 rings (SSSR count). The second kappa shape index (κ2) is 3.36. The monoisotopic (exact) mass is 182 g/mol. The molecule has 1 fully saturated rings. The summed E-state index contributed by atoms with van der Waals surface area (Å²) in [7, 11) is -2.45. The molecule has 12 heavy (non-hydrogen) atoms. The normalized spacial score (nSPS) is 41.2. The Labute approximate surface area is 73.1 Å². The van der Waals surface area contributed by atoms with E-state index in [1.807, 2.05) is 0 Å². The Kier molecular flexibility index (Phi) is 2.63. The van der Waals surface area contributed by atoms with Crippen molar-refractivity contribution in [1.29, 1.82) is 0 Å². The topological polar surface area (TPSA) is 26.3 Å². The van der Waals surface area contributed by atoms with Crippen LogP contribution in [-0.4, -0.2) is 19.4 Å². The van der Waals surface area contributed by atoms with Gasteiger partial charge in [-0.15, -0.1) is 18.8 Å². The summed E-state index contributed by atoms with van der Waals surface area (Å²) < 4.78 is 16.6. The zero-order valence-corrected chi connectivity index (χ0v) is 7.88. The molecule has 1 aliphatic heterocycles. The van der Waals surface area contributed by atoms with Gasteiger partial charge in [-0.3, -0.25) is 4.57 Å². The zero-order chi connectivity index (χ0) is 9.19. The number of hydrogen-bond acceptors (Lipinski definition) is 2. The van der Waals surface area contributed by atoms with Crippen LogP contribution in [0.2, 0.25) is 0 Å². The van der Waals surface area contributed by atoms with Crippen LogP contribution >= 0.6 is 7.37 Å². The van der Waals surface area contributed by atoms with Crippen molar-refractivity contribution in [1.82, 2.24) is 0 Å². The molecule has 0 bridgehead atoms. The summed E-state index contributed by atoms with van der Waals surface area (Å²) in [5.74, 6) is 4.96. The predicted octanol–water partition coefficient (Wildman–Crippen LogP) is 1.42. The summed E-state index contributed by atoms with van der Waals surface area (Å²) in [6.45, 7) is 1.93. The Morgan fingerprint density at radius 1 is 1.42 bits per heavy atom. The highest BCUT2D eigenvalue weighted by molar-refractivity contribution is 7.58. The summed E-state index contributed by atoms with van der Waals surface area (Å²) >= 11 is 0. The first kappa shape index (κ1) is 9.40. The van der Waals surface area contributed by atoms with Gasteiger partial charge in [-0.25, -0.2) is 0 Å². The molecule has 3 unspecified atom stereocenters. The summed E-state index contributed by atoms with van der Waals surface area (Å²) in [4.78, 5) is 0. The van der Waals surface area contributed by atoms with Gasteiger partial charge >= 0.3 is 0 Å². The van der Waals surface area contributed by atoms with Crippen LogP contribution in [0.25, 0.3) is 0 Å². The third-order valence-electron chi connectivity index (χ3n) is 1.97. The lowest BCUT2D eigenvalue weighted by atomic mass is 9.96. The molecule has 0 aromatic rings. The predicted molar refractivity (Wildman–Crippen MR) is 49.0 cm³/mol. The van der Waals surface area contributed by atoms with E-state index in [-0.39, 0.29) is 11.8 Å². The van der Waals surface area contributed by atoms with Gasteiger partial charge in [0.05, 0.1) is 12.5 Å². The van der Waals surface area contributed by atoms with Gasteiger partial charge in [-0.05, 0) is 0 Å². The summed E-state index contributed by atoms with van der Waals surface area (Å²) in [5, 5.41) is 0. The van der Waals surface area contributed by atoms with E-state index in [0.29, 0.717) is 12.8 Å². The molecule has 1 aliphatic rings. The molecule has 0 aromatic carbocycles. The van der Waals surface area contributed by atoms with Crippen LogP contribution in [0.3, 0.4) is 0 Å². The van der Waals surface area contributed by atoms with Gasteiger partial charge in [0, 0.05) is 18.7 Å². The van der Waals surface area contributed by atoms with E-state index in [1.165, 1.54) is 0 Å². The maximum absolute atomic E-state index is 11.5. The molecule has 1 saturated heterocycles. The second-order valence-corrected chi connectivity index (χ2v) is 5.69. The molecule has 64 valence electrons. The van der Waals surface area contributed by atoms with E-state index in [9.17, 15) is 4.57 Å². The maximum atomic E-state index is 11.5. The van der Waals surface area contributed by atoms with E-state index >= 15 is 0 Å². The van der Waals surface area contributed by atoms with Crippen LogP contribution in [0.4, 0.5) is 0 Å². The van der Waals surface area contributed by atoms with Crippen LogP contribution in [-0.2, 0) is 9.09 Å². The van der Waals surface area contributed by atoms with Gasteiger partial charge in [0.2, 0.25) is 7.37 Å². The summed E-state index contributed by atoms with van der Waals surface area (Å²) in [5.41, 5.74) is 0. The lowest BCUT2D eigenvalue weighted by molar-refractivity contribution is 0.235. The molecular weight excluding hydrogens is 171 g/mol. The Morgan fingerprint density at radius 3 is 2.50 bits per heavy atom. The Hall–Kier alpha value is -0.690. The van der Waals surface area contributed by atoms with Crippen molar-refractivity contribution >= 4 is 7.37 Å². The van der Waals surface area contributed by atoms with Crippen molar-refractivity contribution in [2.75, 3.05) is 19.4 Å². The molecule has 0 N–H and O–H groups in total. The molecule has 3 atom stereocenters. The summed E-state index contributed by atoms with van der Waals surface area (Å²) in [6, 6.07) is 0. The van der Waals surface area contributed by atoms with Crippen LogP contribution in [0, 0.1) is 36.5 Å². The fourth-order valence-corrected chi connectivity index (χ4v) is 2.88. The average Bonchev–Trinajstić information content (AvgIpc) is 2.03. The Morgan fingerprint density at radius 2 is 2.00 bits per heavy atom. The minimum atomic E-state index is -2.45. The van der Waals surface area contributed by atoms with E-state index in [0.717, 1.165) is 0 Å². The first-order chi connectivity index (χ1) is 5.59. The average molecular weight is 182 g/mol. The molecule has 3 heteroatoms. The zero-order valence-electron chi connectivity index (χ0n) is 6.99. The Bertz CT molecular complexity index is 295. The lowest BCUT2D eigenvalue weighted by Crippen LogP contribution is -2.26. The molecule has 0 aromatic heterocycles. The highest BCUT2D eigenvalue weighted by atomic mass is 31.2. The molecule has 0 amide bonds. The van der Waals surface area contributed by atoms with Gasteiger partial charge in [-0.1, -0.05) is 5.92 Å². The van der Waals surface area contributed by atoms with Crippen molar-refractivity contribution in [2.24, 2.45) is 11.8 Å². The molecule has 2 nitrogen and oxygen atoms in total. The van der Waals surface area contributed by atoms with Gasteiger partial charge in [0.1, 0.15) is 0 Å². The van der Waals surface area contributed by atoms with E-state index < -0.39 is 7.37 Å². The molecular formula is C9H11O2P. The van der Waals surface area contributed by atoms with Crippen LogP contribution < -0.4 is 0 Å². The minimum Gasteiger partial charge on any atom is -0.327 e. The first-order valence-electron chi connectivity index (χ1n) is 3.72. The third kappa shape index (κ3) is 1.92. The minimum absolute atomic E-state index is 0.0722. The number of terminal acetylenes is 2. The molecule has 0 aliphatic carbocycles.